The molecule has 174 valence electrons. The summed E-state index contributed by atoms with van der Waals surface area (Å²) >= 11 is 0. The minimum absolute atomic E-state index is 0.0342. The number of nitrogens with one attached hydrogen (secondary N) is 1. The number of aryl methyl sites for hydroxylation is 1. The molecule has 2 aromatic heterocycles. The van der Waals surface area contributed by atoms with Crippen LogP contribution < -0.4 is 5.32 Å². The number of carbonyl (C=O) groups excluding carboxylic acids is 1. The van der Waals surface area contributed by atoms with Crippen LogP contribution in [0.4, 0.5) is 5.69 Å². The number of para-hydroxylation sites is 3. The van der Waals surface area contributed by atoms with Crippen LogP contribution in [0.2, 0.25) is 0 Å². The molecule has 2 atom stereocenters. The maximum Gasteiger partial charge on any atom is 0.237 e. The van der Waals surface area contributed by atoms with E-state index in [9.17, 15) is 4.79 Å². The van der Waals surface area contributed by atoms with E-state index in [0.29, 0.717) is 0 Å². The van der Waals surface area contributed by atoms with Crippen molar-refractivity contribution >= 4 is 44.4 Å². The van der Waals surface area contributed by atoms with Gasteiger partial charge in [-0.05, 0) is 61.6 Å². The predicted molar refractivity (Wildman–Crippen MR) is 141 cm³/mol. The van der Waals surface area contributed by atoms with E-state index in [4.69, 9.17) is 9.97 Å². The molecule has 1 N–H and O–H groups in total. The third-order valence-electron chi connectivity index (χ3n) is 8.85. The second kappa shape index (κ2) is 6.91. The van der Waals surface area contributed by atoms with E-state index in [1.807, 2.05) is 30.3 Å². The zero-order valence-corrected chi connectivity index (χ0v) is 20.3. The number of aromatic nitrogens is 3. The molecular weight excluding hydrogens is 432 g/mol. The maximum atomic E-state index is 14.2. The number of rotatable bonds is 3. The summed E-state index contributed by atoms with van der Waals surface area (Å²) in [5.74, 6) is 0.275. The summed E-state index contributed by atoms with van der Waals surface area (Å²) in [6.07, 6.45) is 1.76. The lowest BCUT2D eigenvalue weighted by molar-refractivity contribution is -0.124. The Hall–Kier alpha value is -3.73. The fourth-order valence-electron chi connectivity index (χ4n) is 7.04. The Labute approximate surface area is 204 Å². The van der Waals surface area contributed by atoms with Gasteiger partial charge < -0.3 is 9.88 Å². The maximum absolute atomic E-state index is 14.2. The number of hydrogen-bond donors (Lipinski definition) is 1. The van der Waals surface area contributed by atoms with Crippen LogP contribution in [-0.2, 0) is 16.8 Å². The van der Waals surface area contributed by atoms with Crippen LogP contribution in [0, 0.1) is 5.41 Å². The summed E-state index contributed by atoms with van der Waals surface area (Å²) in [5, 5.41) is 5.69. The largest absolute Gasteiger partial charge is 0.341 e. The van der Waals surface area contributed by atoms with Gasteiger partial charge in [0.1, 0.15) is 0 Å². The van der Waals surface area contributed by atoms with Crippen molar-refractivity contribution in [3.63, 3.8) is 0 Å². The molecule has 2 aliphatic rings. The fraction of sp³-hybridized carbons (Fsp3) is 0.300. The normalized spacial score (nSPS) is 22.2. The van der Waals surface area contributed by atoms with E-state index in [-0.39, 0.29) is 17.2 Å². The Kier molecular flexibility index (Phi) is 4.07. The van der Waals surface area contributed by atoms with E-state index in [1.165, 1.54) is 21.8 Å². The summed E-state index contributed by atoms with van der Waals surface area (Å²) in [6, 6.07) is 22.7. The molecule has 7 rings (SSSR count). The molecule has 2 unspecified atom stereocenters. The van der Waals surface area contributed by atoms with Crippen molar-refractivity contribution in [2.75, 3.05) is 5.32 Å². The van der Waals surface area contributed by atoms with Crippen LogP contribution in [0.1, 0.15) is 50.9 Å². The Bertz CT molecular complexity index is 1680. The first-order valence-corrected chi connectivity index (χ1v) is 12.6. The first kappa shape index (κ1) is 20.6. The van der Waals surface area contributed by atoms with Crippen LogP contribution in [0.25, 0.3) is 32.8 Å². The van der Waals surface area contributed by atoms with Crippen molar-refractivity contribution in [1.29, 1.82) is 0 Å². The van der Waals surface area contributed by atoms with Crippen molar-refractivity contribution < 1.29 is 4.79 Å². The highest BCUT2D eigenvalue weighted by Gasteiger charge is 2.67. The first-order chi connectivity index (χ1) is 17.0. The molecule has 2 heterocycles. The average Bonchev–Trinajstić information content (AvgIpc) is 3.40. The van der Waals surface area contributed by atoms with E-state index in [0.717, 1.165) is 47.5 Å². The molecule has 0 radical (unpaired) electrons. The molecule has 35 heavy (non-hydrogen) atoms. The van der Waals surface area contributed by atoms with Crippen LogP contribution in [0.5, 0.6) is 0 Å². The number of benzene rings is 3. The Morgan fingerprint density at radius 1 is 0.971 bits per heavy atom. The Balaban J connectivity index is 1.35. The van der Waals surface area contributed by atoms with E-state index in [1.54, 1.807) is 0 Å². The number of fused-ring (bicyclic) bond motifs is 9. The molecule has 3 aromatic carbocycles. The van der Waals surface area contributed by atoms with Crippen molar-refractivity contribution in [1.82, 2.24) is 14.5 Å². The van der Waals surface area contributed by atoms with Crippen molar-refractivity contribution in [2.24, 2.45) is 5.41 Å². The fourth-order valence-corrected chi connectivity index (χ4v) is 7.04. The third kappa shape index (κ3) is 2.51. The quantitative estimate of drug-likeness (QED) is 0.332. The topological polar surface area (TPSA) is 59.8 Å². The lowest BCUT2D eigenvalue weighted by atomic mass is 9.67. The summed E-state index contributed by atoms with van der Waals surface area (Å²) < 4.78 is 2.33. The second-order valence-electron chi connectivity index (χ2n) is 10.6. The molecule has 0 saturated heterocycles. The van der Waals surface area contributed by atoms with Gasteiger partial charge in [-0.1, -0.05) is 44.2 Å². The molecule has 1 saturated carbocycles. The highest BCUT2D eigenvalue weighted by Crippen LogP contribution is 2.67. The van der Waals surface area contributed by atoms with Gasteiger partial charge in [-0.25, -0.2) is 9.97 Å². The second-order valence-corrected chi connectivity index (χ2v) is 10.6. The molecule has 5 nitrogen and oxygen atoms in total. The summed E-state index contributed by atoms with van der Waals surface area (Å²) in [5.41, 5.74) is 5.95. The standard InChI is InChI=1S/C30H28N4O/c1-4-34-24-12-8-5-9-19(24)20-17-18(13-14-25(20)34)31-28(35)30-16-15-21(29(30,2)3)26-27(30)33-23-11-7-6-10-22(23)32-26/h5-14,17,21H,4,15-16H2,1-3H3,(H,31,35). The molecule has 0 spiro atoms. The highest BCUT2D eigenvalue weighted by atomic mass is 16.2. The number of hydrogen-bond acceptors (Lipinski definition) is 3. The molecule has 1 amide bonds. The number of nitrogens with zero attached hydrogens (tertiary/aromatic N) is 3. The van der Waals surface area contributed by atoms with Crippen molar-refractivity contribution in [2.45, 2.75) is 51.5 Å². The highest BCUT2D eigenvalue weighted by molar-refractivity contribution is 6.10. The summed E-state index contributed by atoms with van der Waals surface area (Å²) in [6.45, 7) is 7.51. The SMILES string of the molecule is CCn1c2ccccc2c2cc(NC(=O)C34CCC(c5nc6ccccc6nc53)C4(C)C)ccc21. The lowest BCUT2D eigenvalue weighted by Gasteiger charge is -2.36. The van der Waals surface area contributed by atoms with Gasteiger partial charge in [-0.15, -0.1) is 0 Å². The van der Waals surface area contributed by atoms with Gasteiger partial charge in [0.25, 0.3) is 0 Å². The van der Waals surface area contributed by atoms with Crippen molar-refractivity contribution in [3.05, 3.63) is 78.1 Å². The minimum atomic E-state index is -0.684. The van der Waals surface area contributed by atoms with Crippen LogP contribution in [0.15, 0.2) is 66.7 Å². The van der Waals surface area contributed by atoms with Gasteiger partial charge in [0.2, 0.25) is 5.91 Å². The summed E-state index contributed by atoms with van der Waals surface area (Å²) in [7, 11) is 0. The van der Waals surface area contributed by atoms with Gasteiger partial charge >= 0.3 is 0 Å². The van der Waals surface area contributed by atoms with Crippen LogP contribution in [-0.4, -0.2) is 20.4 Å². The zero-order valence-electron chi connectivity index (χ0n) is 20.3. The van der Waals surface area contributed by atoms with Crippen LogP contribution >= 0.6 is 0 Å². The Morgan fingerprint density at radius 2 is 1.69 bits per heavy atom. The number of amides is 1. The van der Waals surface area contributed by atoms with Gasteiger partial charge in [0, 0.05) is 40.0 Å². The minimum Gasteiger partial charge on any atom is -0.341 e. The van der Waals surface area contributed by atoms with E-state index < -0.39 is 5.41 Å². The van der Waals surface area contributed by atoms with Gasteiger partial charge in [0.15, 0.2) is 0 Å². The first-order valence-electron chi connectivity index (χ1n) is 12.6. The molecule has 2 bridgehead atoms. The van der Waals surface area contributed by atoms with Gasteiger partial charge in [-0.3, -0.25) is 4.79 Å². The molecular formula is C30H28N4O. The molecule has 2 aliphatic carbocycles. The average molecular weight is 461 g/mol. The number of carbonyl (C=O) groups is 1. The van der Waals surface area contributed by atoms with Gasteiger partial charge in [0.05, 0.1) is 27.8 Å². The van der Waals surface area contributed by atoms with E-state index >= 15 is 0 Å². The molecule has 0 aliphatic heterocycles. The van der Waals surface area contributed by atoms with Gasteiger partial charge in [-0.2, -0.15) is 0 Å². The van der Waals surface area contributed by atoms with Crippen molar-refractivity contribution in [3.8, 4) is 0 Å². The summed E-state index contributed by atoms with van der Waals surface area (Å²) in [4.78, 5) is 24.2. The monoisotopic (exact) mass is 460 g/mol. The molecule has 5 aromatic rings. The van der Waals surface area contributed by atoms with Crippen LogP contribution in [0.3, 0.4) is 0 Å². The lowest BCUT2D eigenvalue weighted by Crippen LogP contribution is -2.46. The molecule has 1 fully saturated rings. The Morgan fingerprint density at radius 3 is 2.49 bits per heavy atom. The predicted octanol–water partition coefficient (Wildman–Crippen LogP) is 6.55. The zero-order chi connectivity index (χ0) is 23.9. The van der Waals surface area contributed by atoms with E-state index in [2.05, 4.69) is 67.1 Å². The number of anilines is 1. The molecule has 5 heteroatoms. The third-order valence-corrected chi connectivity index (χ3v) is 8.85. The smallest absolute Gasteiger partial charge is 0.237 e.